The maximum Gasteiger partial charge on any atom is 0.225 e. The lowest BCUT2D eigenvalue weighted by atomic mass is 10.2. The lowest BCUT2D eigenvalue weighted by Crippen LogP contribution is -2.19. The average Bonchev–Trinajstić information content (AvgIpc) is 2.82. The molecule has 0 radical (unpaired) electrons. The van der Waals surface area contributed by atoms with Gasteiger partial charge in [-0.3, -0.25) is 9.69 Å². The van der Waals surface area contributed by atoms with E-state index in [-0.39, 0.29) is 5.91 Å². The zero-order valence-corrected chi connectivity index (χ0v) is 10.7. The number of amides is 1. The molecule has 2 rings (SSSR count). The Bertz CT molecular complexity index is 400. The summed E-state index contributed by atoms with van der Waals surface area (Å²) in [7, 11) is 0. The van der Waals surface area contributed by atoms with Crippen molar-refractivity contribution >= 4 is 11.6 Å². The summed E-state index contributed by atoms with van der Waals surface area (Å²) in [5.74, 6) is -0.0178. The van der Waals surface area contributed by atoms with Crippen molar-refractivity contribution < 1.29 is 4.79 Å². The first-order chi connectivity index (χ1) is 8.78. The zero-order valence-electron chi connectivity index (χ0n) is 10.7. The Morgan fingerprint density at radius 2 is 2.11 bits per heavy atom. The summed E-state index contributed by atoms with van der Waals surface area (Å²) >= 11 is 0. The highest BCUT2D eigenvalue weighted by atomic mass is 16.1. The van der Waals surface area contributed by atoms with Crippen LogP contribution in [0.3, 0.4) is 0 Å². The molecule has 0 bridgehead atoms. The normalized spacial score (nSPS) is 15.8. The second kappa shape index (κ2) is 6.52. The molecule has 1 heterocycles. The van der Waals surface area contributed by atoms with Gasteiger partial charge in [0.2, 0.25) is 5.91 Å². The van der Waals surface area contributed by atoms with Crippen molar-refractivity contribution in [2.24, 2.45) is 5.73 Å². The van der Waals surface area contributed by atoms with Crippen molar-refractivity contribution in [3.05, 3.63) is 29.8 Å². The van der Waals surface area contributed by atoms with Crippen molar-refractivity contribution in [1.29, 1.82) is 0 Å². The molecule has 0 aliphatic carbocycles. The summed E-state index contributed by atoms with van der Waals surface area (Å²) in [4.78, 5) is 13.9. The third-order valence-corrected chi connectivity index (χ3v) is 3.19. The van der Waals surface area contributed by atoms with E-state index in [0.717, 1.165) is 12.2 Å². The first-order valence-corrected chi connectivity index (χ1v) is 6.59. The van der Waals surface area contributed by atoms with Gasteiger partial charge in [-0.25, -0.2) is 0 Å². The summed E-state index contributed by atoms with van der Waals surface area (Å²) in [6.07, 6.45) is 2.97. The maximum absolute atomic E-state index is 11.5. The summed E-state index contributed by atoms with van der Waals surface area (Å²) in [6.45, 7) is 3.73. The van der Waals surface area contributed by atoms with Crippen molar-refractivity contribution in [2.75, 3.05) is 25.0 Å². The predicted molar refractivity (Wildman–Crippen MR) is 73.3 cm³/mol. The molecule has 1 aromatic rings. The SMILES string of the molecule is NCCC(=O)Nc1cccc(CN2CCCC2)c1. The summed E-state index contributed by atoms with van der Waals surface area (Å²) in [5, 5.41) is 2.87. The van der Waals surface area contributed by atoms with Crippen molar-refractivity contribution in [3.8, 4) is 0 Å². The van der Waals surface area contributed by atoms with Gasteiger partial charge in [0.1, 0.15) is 0 Å². The van der Waals surface area contributed by atoms with Crippen molar-refractivity contribution in [1.82, 2.24) is 4.90 Å². The number of nitrogens with two attached hydrogens (primary N) is 1. The predicted octanol–water partition coefficient (Wildman–Crippen LogP) is 1.57. The second-order valence-corrected chi connectivity index (χ2v) is 4.77. The second-order valence-electron chi connectivity index (χ2n) is 4.77. The topological polar surface area (TPSA) is 58.4 Å². The molecule has 0 saturated carbocycles. The first-order valence-electron chi connectivity index (χ1n) is 6.59. The summed E-state index contributed by atoms with van der Waals surface area (Å²) < 4.78 is 0. The number of carbonyl (C=O) groups excluding carboxylic acids is 1. The number of hydrogen-bond donors (Lipinski definition) is 2. The molecular formula is C14H21N3O. The number of likely N-dealkylation sites (tertiary alicyclic amines) is 1. The van der Waals surface area contributed by atoms with Gasteiger partial charge in [-0.05, 0) is 43.6 Å². The number of benzene rings is 1. The third kappa shape index (κ3) is 3.82. The van der Waals surface area contributed by atoms with E-state index in [1.807, 2.05) is 18.2 Å². The van der Waals surface area contributed by atoms with Gasteiger partial charge < -0.3 is 11.1 Å². The van der Waals surface area contributed by atoms with E-state index in [1.165, 1.54) is 31.5 Å². The minimum absolute atomic E-state index is 0.0178. The van der Waals surface area contributed by atoms with Gasteiger partial charge in [-0.2, -0.15) is 0 Å². The molecule has 0 atom stereocenters. The number of carbonyl (C=O) groups is 1. The molecule has 1 fully saturated rings. The lowest BCUT2D eigenvalue weighted by molar-refractivity contribution is -0.116. The number of rotatable bonds is 5. The highest BCUT2D eigenvalue weighted by Crippen LogP contribution is 2.16. The van der Waals surface area contributed by atoms with Crippen LogP contribution in [0.1, 0.15) is 24.8 Å². The number of nitrogens with one attached hydrogen (secondary N) is 1. The molecule has 0 aromatic heterocycles. The van der Waals surface area contributed by atoms with Crippen LogP contribution in [-0.4, -0.2) is 30.4 Å². The Morgan fingerprint density at radius 3 is 2.83 bits per heavy atom. The Kier molecular flexibility index (Phi) is 4.73. The molecule has 1 amide bonds. The van der Waals surface area contributed by atoms with E-state index >= 15 is 0 Å². The van der Waals surface area contributed by atoms with Gasteiger partial charge >= 0.3 is 0 Å². The van der Waals surface area contributed by atoms with Gasteiger partial charge in [-0.1, -0.05) is 12.1 Å². The maximum atomic E-state index is 11.5. The van der Waals surface area contributed by atoms with E-state index in [1.54, 1.807) is 0 Å². The molecule has 3 N–H and O–H groups in total. The molecule has 18 heavy (non-hydrogen) atoms. The van der Waals surface area contributed by atoms with Crippen LogP contribution >= 0.6 is 0 Å². The Labute approximate surface area is 108 Å². The fraction of sp³-hybridized carbons (Fsp3) is 0.500. The van der Waals surface area contributed by atoms with Crippen LogP contribution in [0.25, 0.3) is 0 Å². The fourth-order valence-corrected chi connectivity index (χ4v) is 2.30. The fourth-order valence-electron chi connectivity index (χ4n) is 2.30. The van der Waals surface area contributed by atoms with E-state index in [2.05, 4.69) is 16.3 Å². The molecule has 1 aliphatic heterocycles. The smallest absolute Gasteiger partial charge is 0.225 e. The molecule has 1 saturated heterocycles. The molecule has 0 unspecified atom stereocenters. The van der Waals surface area contributed by atoms with Crippen molar-refractivity contribution in [3.63, 3.8) is 0 Å². The van der Waals surface area contributed by atoms with Gasteiger partial charge in [0, 0.05) is 25.2 Å². The molecule has 4 nitrogen and oxygen atoms in total. The number of anilines is 1. The number of hydrogen-bond acceptors (Lipinski definition) is 3. The molecule has 4 heteroatoms. The lowest BCUT2D eigenvalue weighted by Gasteiger charge is -2.15. The largest absolute Gasteiger partial charge is 0.330 e. The van der Waals surface area contributed by atoms with E-state index < -0.39 is 0 Å². The van der Waals surface area contributed by atoms with Crippen LogP contribution in [-0.2, 0) is 11.3 Å². The van der Waals surface area contributed by atoms with Crippen LogP contribution in [0, 0.1) is 0 Å². The van der Waals surface area contributed by atoms with Gasteiger partial charge in [-0.15, -0.1) is 0 Å². The number of nitrogens with zero attached hydrogens (tertiary/aromatic N) is 1. The summed E-state index contributed by atoms with van der Waals surface area (Å²) in [5.41, 5.74) is 7.47. The Hall–Kier alpha value is -1.39. The minimum Gasteiger partial charge on any atom is -0.330 e. The van der Waals surface area contributed by atoms with E-state index in [9.17, 15) is 4.79 Å². The third-order valence-electron chi connectivity index (χ3n) is 3.19. The Morgan fingerprint density at radius 1 is 1.33 bits per heavy atom. The van der Waals surface area contributed by atoms with Crippen LogP contribution in [0.4, 0.5) is 5.69 Å². The standard InChI is InChI=1S/C14H21N3O/c15-7-6-14(18)16-13-5-3-4-12(10-13)11-17-8-1-2-9-17/h3-5,10H,1-2,6-9,11,15H2,(H,16,18). The molecule has 1 aromatic carbocycles. The summed E-state index contributed by atoms with van der Waals surface area (Å²) in [6, 6.07) is 8.06. The van der Waals surface area contributed by atoms with E-state index in [0.29, 0.717) is 13.0 Å². The monoisotopic (exact) mass is 247 g/mol. The van der Waals surface area contributed by atoms with Crippen LogP contribution in [0.2, 0.25) is 0 Å². The van der Waals surface area contributed by atoms with Crippen LogP contribution < -0.4 is 11.1 Å². The van der Waals surface area contributed by atoms with Crippen LogP contribution in [0.15, 0.2) is 24.3 Å². The van der Waals surface area contributed by atoms with E-state index in [4.69, 9.17) is 5.73 Å². The van der Waals surface area contributed by atoms with Gasteiger partial charge in [0.15, 0.2) is 0 Å². The average molecular weight is 247 g/mol. The quantitative estimate of drug-likeness (QED) is 0.830. The molecule has 0 spiro atoms. The van der Waals surface area contributed by atoms with Gasteiger partial charge in [0.25, 0.3) is 0 Å². The van der Waals surface area contributed by atoms with Crippen molar-refractivity contribution in [2.45, 2.75) is 25.8 Å². The molecule has 98 valence electrons. The van der Waals surface area contributed by atoms with Crippen LogP contribution in [0.5, 0.6) is 0 Å². The Balaban J connectivity index is 1.93. The first kappa shape index (κ1) is 13.1. The zero-order chi connectivity index (χ0) is 12.8. The van der Waals surface area contributed by atoms with Gasteiger partial charge in [0.05, 0.1) is 0 Å². The molecular weight excluding hydrogens is 226 g/mol. The molecule has 1 aliphatic rings. The highest BCUT2D eigenvalue weighted by molar-refractivity contribution is 5.90. The highest BCUT2D eigenvalue weighted by Gasteiger charge is 2.11. The minimum atomic E-state index is -0.0178.